The summed E-state index contributed by atoms with van der Waals surface area (Å²) in [5.74, 6) is 0. The van der Waals surface area contributed by atoms with Gasteiger partial charge in [0.05, 0.1) is 0 Å². The Balaban J connectivity index is 0.000000213. The van der Waals surface area contributed by atoms with Crippen LogP contribution in [-0.4, -0.2) is 16.8 Å². The van der Waals surface area contributed by atoms with Crippen LogP contribution in [0.3, 0.4) is 0 Å². The molecule has 1 aliphatic heterocycles. The zero-order valence-corrected chi connectivity index (χ0v) is 7.64. The fourth-order valence-electron chi connectivity index (χ4n) is 1.41. The summed E-state index contributed by atoms with van der Waals surface area (Å²) in [6, 6.07) is 8.53. The summed E-state index contributed by atoms with van der Waals surface area (Å²) in [6.07, 6.45) is 2.51. The molecular weight excluding hydrogens is 184 g/mol. The van der Waals surface area contributed by atoms with Crippen molar-refractivity contribution in [3.63, 3.8) is 0 Å². The Morgan fingerprint density at radius 1 is 1.43 bits per heavy atom. The van der Waals surface area contributed by atoms with Crippen molar-refractivity contribution in [2.45, 2.75) is 12.8 Å². The number of hydrogen-bond donors (Lipinski definition) is 2. The molecule has 0 aliphatic carbocycles. The van der Waals surface area contributed by atoms with E-state index in [9.17, 15) is 0 Å². The van der Waals surface area contributed by atoms with Gasteiger partial charge in [-0.1, -0.05) is 18.2 Å². The monoisotopic (exact) mass is 196 g/mol. The van der Waals surface area contributed by atoms with Crippen molar-refractivity contribution in [2.24, 2.45) is 0 Å². The van der Waals surface area contributed by atoms with Crippen molar-refractivity contribution in [1.29, 1.82) is 0 Å². The van der Waals surface area contributed by atoms with Gasteiger partial charge in [0, 0.05) is 12.2 Å². The molecule has 0 spiro atoms. The fraction of sp³-hybridized carbons (Fsp3) is 0.333. The lowest BCUT2D eigenvalue weighted by atomic mass is 10.0. The summed E-state index contributed by atoms with van der Waals surface area (Å²) in [4.78, 5) is 8.36. The Bertz CT molecular complexity index is 286. The smallest absolute Gasteiger partial charge is 0.291 e. The molecule has 14 heavy (non-hydrogen) atoms. The molecular formula is C9H12N2O3. The highest BCUT2D eigenvalue weighted by Crippen LogP contribution is 2.19. The number of para-hydroxylation sites is 1. The lowest BCUT2D eigenvalue weighted by Gasteiger charge is -2.16. The number of nitrogens with zero attached hydrogens (tertiary/aromatic N) is 1. The Morgan fingerprint density at radius 2 is 2.07 bits per heavy atom. The fourth-order valence-corrected chi connectivity index (χ4v) is 1.41. The van der Waals surface area contributed by atoms with Crippen LogP contribution >= 0.6 is 0 Å². The number of hydrogen-bond acceptors (Lipinski definition) is 3. The predicted molar refractivity (Wildman–Crippen MR) is 52.0 cm³/mol. The van der Waals surface area contributed by atoms with E-state index < -0.39 is 5.09 Å². The zero-order valence-electron chi connectivity index (χ0n) is 7.64. The van der Waals surface area contributed by atoms with E-state index in [2.05, 4.69) is 29.6 Å². The van der Waals surface area contributed by atoms with Crippen LogP contribution in [0, 0.1) is 10.1 Å². The van der Waals surface area contributed by atoms with E-state index in [4.69, 9.17) is 15.3 Å². The minimum absolute atomic E-state index is 1.14. The summed E-state index contributed by atoms with van der Waals surface area (Å²) in [5, 5.41) is 17.0. The number of aryl methyl sites for hydroxylation is 1. The minimum Gasteiger partial charge on any atom is -0.385 e. The van der Waals surface area contributed by atoms with Crippen LogP contribution in [-0.2, 0) is 6.42 Å². The van der Waals surface area contributed by atoms with Crippen LogP contribution in [0.15, 0.2) is 24.3 Å². The SMILES string of the molecule is O=[N+]([O-])O.c1ccc2c(c1)CCCN2. The topological polar surface area (TPSA) is 75.4 Å². The van der Waals surface area contributed by atoms with Crippen LogP contribution in [0.2, 0.25) is 0 Å². The van der Waals surface area contributed by atoms with Crippen molar-refractivity contribution in [1.82, 2.24) is 0 Å². The van der Waals surface area contributed by atoms with Gasteiger partial charge in [-0.05, 0) is 24.5 Å². The molecule has 2 rings (SSSR count). The Kier molecular flexibility index (Phi) is 3.72. The van der Waals surface area contributed by atoms with E-state index in [1.807, 2.05) is 0 Å². The molecule has 1 heterocycles. The van der Waals surface area contributed by atoms with Gasteiger partial charge >= 0.3 is 0 Å². The average Bonchev–Trinajstić information content (AvgIpc) is 2.17. The largest absolute Gasteiger partial charge is 0.385 e. The van der Waals surface area contributed by atoms with Crippen LogP contribution in [0.1, 0.15) is 12.0 Å². The predicted octanol–water partition coefficient (Wildman–Crippen LogP) is 1.70. The van der Waals surface area contributed by atoms with Crippen LogP contribution < -0.4 is 5.32 Å². The number of anilines is 1. The molecule has 0 unspecified atom stereocenters. The van der Waals surface area contributed by atoms with Gasteiger partial charge in [0.2, 0.25) is 0 Å². The van der Waals surface area contributed by atoms with Crippen LogP contribution in [0.25, 0.3) is 0 Å². The number of rotatable bonds is 0. The Hall–Kier alpha value is -1.78. The van der Waals surface area contributed by atoms with E-state index >= 15 is 0 Å². The highest BCUT2D eigenvalue weighted by Gasteiger charge is 2.04. The van der Waals surface area contributed by atoms with Gasteiger partial charge in [-0.3, -0.25) is 0 Å². The molecule has 0 radical (unpaired) electrons. The van der Waals surface area contributed by atoms with Crippen LogP contribution in [0.5, 0.6) is 0 Å². The van der Waals surface area contributed by atoms with Gasteiger partial charge in [-0.2, -0.15) is 0 Å². The second-order valence-corrected chi connectivity index (χ2v) is 2.93. The summed E-state index contributed by atoms with van der Waals surface area (Å²) in [7, 11) is 0. The summed E-state index contributed by atoms with van der Waals surface area (Å²) < 4.78 is 0. The molecule has 1 aromatic carbocycles. The number of benzene rings is 1. The summed E-state index contributed by atoms with van der Waals surface area (Å²) in [5.41, 5.74) is 2.79. The Morgan fingerprint density at radius 3 is 2.71 bits per heavy atom. The van der Waals surface area contributed by atoms with Gasteiger partial charge < -0.3 is 10.5 Å². The number of nitrogens with one attached hydrogen (secondary N) is 1. The van der Waals surface area contributed by atoms with Crippen molar-refractivity contribution < 1.29 is 10.3 Å². The van der Waals surface area contributed by atoms with Gasteiger partial charge in [0.1, 0.15) is 0 Å². The molecule has 0 bridgehead atoms. The van der Waals surface area contributed by atoms with Crippen molar-refractivity contribution >= 4 is 5.69 Å². The molecule has 0 amide bonds. The molecule has 76 valence electrons. The third-order valence-corrected chi connectivity index (χ3v) is 1.96. The molecule has 0 aromatic heterocycles. The zero-order chi connectivity index (χ0) is 10.4. The molecule has 2 N–H and O–H groups in total. The van der Waals surface area contributed by atoms with E-state index in [1.54, 1.807) is 0 Å². The molecule has 0 saturated heterocycles. The molecule has 1 aromatic rings. The standard InChI is InChI=1S/C9H11N.HNO3/c1-2-6-9-8(4-1)5-3-7-10-9;2-1(3)4/h1-2,4,6,10H,3,5,7H2;(H,2,3,4). The van der Waals surface area contributed by atoms with Crippen molar-refractivity contribution in [3.05, 3.63) is 39.9 Å². The maximum absolute atomic E-state index is 8.36. The first-order valence-electron chi connectivity index (χ1n) is 4.35. The molecule has 5 nitrogen and oxygen atoms in total. The van der Waals surface area contributed by atoms with Crippen molar-refractivity contribution in [3.8, 4) is 0 Å². The lowest BCUT2D eigenvalue weighted by molar-refractivity contribution is -0.742. The molecule has 1 aliphatic rings. The lowest BCUT2D eigenvalue weighted by Crippen LogP contribution is -2.10. The summed E-state index contributed by atoms with van der Waals surface area (Å²) in [6.45, 7) is 1.14. The molecule has 5 heteroatoms. The number of fused-ring (bicyclic) bond motifs is 1. The highest BCUT2D eigenvalue weighted by atomic mass is 16.9. The minimum atomic E-state index is -1.50. The maximum atomic E-state index is 8.36. The second kappa shape index (κ2) is 5.06. The normalized spacial score (nSPS) is 12.9. The third kappa shape index (κ3) is 3.30. The summed E-state index contributed by atoms with van der Waals surface area (Å²) >= 11 is 0. The van der Waals surface area contributed by atoms with Gasteiger partial charge in [-0.25, -0.2) is 0 Å². The molecule has 0 saturated carbocycles. The highest BCUT2D eigenvalue weighted by molar-refractivity contribution is 5.52. The maximum Gasteiger partial charge on any atom is 0.291 e. The second-order valence-electron chi connectivity index (χ2n) is 2.93. The van der Waals surface area contributed by atoms with Gasteiger partial charge in [-0.15, -0.1) is 10.1 Å². The molecule has 0 atom stereocenters. The first-order chi connectivity index (χ1) is 6.70. The first-order valence-corrected chi connectivity index (χ1v) is 4.35. The van der Waals surface area contributed by atoms with Crippen LogP contribution in [0.4, 0.5) is 5.69 Å². The quantitative estimate of drug-likeness (QED) is 0.489. The van der Waals surface area contributed by atoms with Crippen molar-refractivity contribution in [2.75, 3.05) is 11.9 Å². The van der Waals surface area contributed by atoms with Gasteiger partial charge in [0.25, 0.3) is 5.09 Å². The van der Waals surface area contributed by atoms with E-state index in [0.29, 0.717) is 0 Å². The first kappa shape index (κ1) is 10.3. The van der Waals surface area contributed by atoms with Gasteiger partial charge in [0.15, 0.2) is 0 Å². The molecule has 0 fully saturated rings. The average molecular weight is 196 g/mol. The third-order valence-electron chi connectivity index (χ3n) is 1.96. The van der Waals surface area contributed by atoms with E-state index in [0.717, 1.165) is 6.54 Å². The van der Waals surface area contributed by atoms with E-state index in [-0.39, 0.29) is 0 Å². The van der Waals surface area contributed by atoms with E-state index in [1.165, 1.54) is 24.1 Å². The Labute approximate surface area is 81.5 Å².